The van der Waals surface area contributed by atoms with Crippen molar-refractivity contribution < 1.29 is 19.5 Å². The third kappa shape index (κ3) is 3.62. The van der Waals surface area contributed by atoms with E-state index >= 15 is 0 Å². The Labute approximate surface area is 182 Å². The van der Waals surface area contributed by atoms with E-state index in [1.807, 2.05) is 0 Å². The van der Waals surface area contributed by atoms with Crippen molar-refractivity contribution in [2.45, 2.75) is 18.4 Å². The molecular formula is C22H19ClN4O4. The molecule has 2 heterocycles. The highest BCUT2D eigenvalue weighted by Gasteiger charge is 2.50. The lowest BCUT2D eigenvalue weighted by Crippen LogP contribution is -2.53. The summed E-state index contributed by atoms with van der Waals surface area (Å²) in [5, 5.41) is 11.4. The SMILES string of the molecule is O=C1N=c2cc(Cl)cc(-c3ccc(C(=O)N4CCN(C(=O)C5(O)CC5)CC4)cc3)c2=N1. The van der Waals surface area contributed by atoms with Crippen LogP contribution < -0.4 is 10.7 Å². The first kappa shape index (κ1) is 19.8. The molecule has 158 valence electrons. The van der Waals surface area contributed by atoms with Gasteiger partial charge in [0.2, 0.25) is 0 Å². The fourth-order valence-corrected chi connectivity index (χ4v) is 4.16. The topological polar surface area (TPSA) is 103 Å². The van der Waals surface area contributed by atoms with Crippen LogP contribution in [-0.4, -0.2) is 64.5 Å². The summed E-state index contributed by atoms with van der Waals surface area (Å²) in [4.78, 5) is 47.9. The molecule has 3 aliphatic rings. The first-order valence-electron chi connectivity index (χ1n) is 10.1. The van der Waals surface area contributed by atoms with Gasteiger partial charge in [0, 0.05) is 42.3 Å². The first-order valence-corrected chi connectivity index (χ1v) is 10.4. The minimum atomic E-state index is -1.17. The number of halogens is 1. The Kier molecular flexibility index (Phi) is 4.64. The maximum absolute atomic E-state index is 12.9. The number of fused-ring (bicyclic) bond motifs is 1. The van der Waals surface area contributed by atoms with Gasteiger partial charge in [-0.3, -0.25) is 9.59 Å². The van der Waals surface area contributed by atoms with E-state index in [2.05, 4.69) is 9.98 Å². The van der Waals surface area contributed by atoms with E-state index < -0.39 is 11.6 Å². The molecule has 1 saturated carbocycles. The van der Waals surface area contributed by atoms with E-state index in [-0.39, 0.29) is 11.8 Å². The number of hydrogen-bond donors (Lipinski definition) is 1. The first-order chi connectivity index (χ1) is 14.8. The van der Waals surface area contributed by atoms with Crippen molar-refractivity contribution in [3.8, 4) is 11.1 Å². The zero-order valence-electron chi connectivity index (χ0n) is 16.5. The second kappa shape index (κ2) is 7.25. The van der Waals surface area contributed by atoms with Crippen LogP contribution >= 0.6 is 11.6 Å². The average molecular weight is 439 g/mol. The van der Waals surface area contributed by atoms with Gasteiger partial charge in [-0.15, -0.1) is 0 Å². The zero-order valence-corrected chi connectivity index (χ0v) is 17.3. The van der Waals surface area contributed by atoms with E-state index in [0.29, 0.717) is 65.9 Å². The third-order valence-electron chi connectivity index (χ3n) is 5.90. The molecule has 0 atom stereocenters. The van der Waals surface area contributed by atoms with Crippen LogP contribution in [0.4, 0.5) is 4.79 Å². The van der Waals surface area contributed by atoms with Crippen molar-refractivity contribution >= 4 is 29.4 Å². The van der Waals surface area contributed by atoms with Crippen LogP contribution in [0.3, 0.4) is 0 Å². The van der Waals surface area contributed by atoms with Crippen molar-refractivity contribution in [1.29, 1.82) is 0 Å². The van der Waals surface area contributed by atoms with Crippen LogP contribution in [0.1, 0.15) is 23.2 Å². The van der Waals surface area contributed by atoms with Crippen LogP contribution in [0.2, 0.25) is 5.02 Å². The van der Waals surface area contributed by atoms with Crippen LogP contribution in [-0.2, 0) is 4.79 Å². The van der Waals surface area contributed by atoms with Crippen molar-refractivity contribution in [3.05, 3.63) is 57.7 Å². The number of aliphatic hydroxyl groups is 1. The highest BCUT2D eigenvalue weighted by Crippen LogP contribution is 2.37. The van der Waals surface area contributed by atoms with E-state index in [9.17, 15) is 19.5 Å². The molecule has 31 heavy (non-hydrogen) atoms. The van der Waals surface area contributed by atoms with Crippen molar-refractivity contribution in [2.75, 3.05) is 26.2 Å². The fraction of sp³-hybridized carbons (Fsp3) is 0.318. The summed E-state index contributed by atoms with van der Waals surface area (Å²) in [6.07, 6.45) is 1.03. The third-order valence-corrected chi connectivity index (χ3v) is 6.11. The van der Waals surface area contributed by atoms with Gasteiger partial charge in [0.05, 0.1) is 5.36 Å². The Balaban J connectivity index is 1.31. The number of carbonyl (C=O) groups is 3. The quantitative estimate of drug-likeness (QED) is 0.777. The molecule has 4 amide bonds. The van der Waals surface area contributed by atoms with Crippen LogP contribution in [0, 0.1) is 0 Å². The molecule has 0 bridgehead atoms. The van der Waals surface area contributed by atoms with Crippen LogP contribution in [0.5, 0.6) is 0 Å². The molecule has 1 N–H and O–H groups in total. The van der Waals surface area contributed by atoms with E-state index in [4.69, 9.17) is 11.6 Å². The lowest BCUT2D eigenvalue weighted by Gasteiger charge is -2.35. The number of benzene rings is 2. The molecule has 0 unspecified atom stereocenters. The molecule has 0 aromatic heterocycles. The average Bonchev–Trinajstić information content (AvgIpc) is 3.42. The Hall–Kier alpha value is -3.10. The molecule has 8 nitrogen and oxygen atoms in total. The zero-order chi connectivity index (χ0) is 21.8. The molecule has 1 aliphatic carbocycles. The molecule has 9 heteroatoms. The van der Waals surface area contributed by atoms with Gasteiger partial charge < -0.3 is 14.9 Å². The molecule has 2 aromatic carbocycles. The number of piperazine rings is 1. The minimum Gasteiger partial charge on any atom is -0.380 e. The summed E-state index contributed by atoms with van der Waals surface area (Å²) >= 11 is 6.16. The Morgan fingerprint density at radius 2 is 1.61 bits per heavy atom. The maximum atomic E-state index is 12.9. The van der Waals surface area contributed by atoms with Crippen molar-refractivity contribution in [3.63, 3.8) is 0 Å². The summed E-state index contributed by atoms with van der Waals surface area (Å²) in [5.41, 5.74) is 0.811. The molecule has 5 rings (SSSR count). The number of urea groups is 1. The number of rotatable bonds is 3. The van der Waals surface area contributed by atoms with Gasteiger partial charge in [0.1, 0.15) is 11.0 Å². The van der Waals surface area contributed by atoms with Gasteiger partial charge >= 0.3 is 6.03 Å². The lowest BCUT2D eigenvalue weighted by atomic mass is 10.0. The Morgan fingerprint density at radius 1 is 0.968 bits per heavy atom. The fourth-order valence-electron chi connectivity index (χ4n) is 3.95. The number of amides is 4. The molecule has 0 spiro atoms. The monoisotopic (exact) mass is 438 g/mol. The summed E-state index contributed by atoms with van der Waals surface area (Å²) in [6.45, 7) is 1.68. The van der Waals surface area contributed by atoms with Crippen LogP contribution in [0.25, 0.3) is 11.1 Å². The Bertz CT molecular complexity index is 1230. The van der Waals surface area contributed by atoms with Gasteiger partial charge in [-0.1, -0.05) is 23.7 Å². The maximum Gasteiger partial charge on any atom is 0.368 e. The normalized spacial score (nSPS) is 18.8. The number of carbonyl (C=O) groups excluding carboxylic acids is 3. The van der Waals surface area contributed by atoms with Crippen LogP contribution in [0.15, 0.2) is 46.4 Å². The van der Waals surface area contributed by atoms with Gasteiger partial charge in [0.15, 0.2) is 0 Å². The largest absolute Gasteiger partial charge is 0.380 e. The second-order valence-electron chi connectivity index (χ2n) is 8.02. The molecule has 2 aliphatic heterocycles. The van der Waals surface area contributed by atoms with E-state index in [1.165, 1.54) is 0 Å². The molecule has 2 fully saturated rings. The lowest BCUT2D eigenvalue weighted by molar-refractivity contribution is -0.143. The van der Waals surface area contributed by atoms with Crippen molar-refractivity contribution in [1.82, 2.24) is 9.80 Å². The predicted octanol–water partition coefficient (Wildman–Crippen LogP) is 1.19. The highest BCUT2D eigenvalue weighted by atomic mass is 35.5. The smallest absolute Gasteiger partial charge is 0.368 e. The van der Waals surface area contributed by atoms with E-state index in [1.54, 1.807) is 46.2 Å². The molecule has 1 saturated heterocycles. The minimum absolute atomic E-state index is 0.116. The number of nitrogens with zero attached hydrogens (tertiary/aromatic N) is 4. The Morgan fingerprint density at radius 3 is 2.26 bits per heavy atom. The van der Waals surface area contributed by atoms with Gasteiger partial charge in [-0.2, -0.15) is 9.98 Å². The van der Waals surface area contributed by atoms with Gasteiger partial charge in [-0.05, 0) is 42.7 Å². The molecular weight excluding hydrogens is 420 g/mol. The summed E-state index contributed by atoms with van der Waals surface area (Å²) in [7, 11) is 0. The second-order valence-corrected chi connectivity index (χ2v) is 8.46. The predicted molar refractivity (Wildman–Crippen MR) is 111 cm³/mol. The highest BCUT2D eigenvalue weighted by molar-refractivity contribution is 6.30. The number of hydrogen-bond acceptors (Lipinski definition) is 4. The van der Waals surface area contributed by atoms with Gasteiger partial charge in [0.25, 0.3) is 11.8 Å². The summed E-state index contributed by atoms with van der Waals surface area (Å²) < 4.78 is 0. The molecule has 0 radical (unpaired) electrons. The summed E-state index contributed by atoms with van der Waals surface area (Å²) in [5.74, 6) is -0.344. The van der Waals surface area contributed by atoms with E-state index in [0.717, 1.165) is 5.56 Å². The van der Waals surface area contributed by atoms with Crippen molar-refractivity contribution in [2.24, 2.45) is 9.98 Å². The van der Waals surface area contributed by atoms with Gasteiger partial charge in [-0.25, -0.2) is 4.79 Å². The molecule has 2 aromatic rings. The standard InChI is InChI=1S/C22H19ClN4O4/c23-15-11-16(18-17(12-15)24-21(30)25-18)13-1-3-14(4-2-13)19(28)26-7-9-27(10-8-26)20(29)22(31)5-6-22/h1-4,11-12,31H,5-10H2. The summed E-state index contributed by atoms with van der Waals surface area (Å²) in [6, 6.07) is 9.79.